The van der Waals surface area contributed by atoms with Gasteiger partial charge in [0, 0.05) is 5.69 Å². The molecule has 0 aliphatic heterocycles. The summed E-state index contributed by atoms with van der Waals surface area (Å²) in [7, 11) is 0. The molecule has 2 aromatic carbocycles. The van der Waals surface area contributed by atoms with Crippen molar-refractivity contribution in [1.82, 2.24) is 20.1 Å². The maximum Gasteiger partial charge on any atom is 0.261 e. The highest BCUT2D eigenvalue weighted by atomic mass is 19.1. The lowest BCUT2D eigenvalue weighted by Gasteiger charge is -2.14. The zero-order valence-electron chi connectivity index (χ0n) is 13.6. The van der Waals surface area contributed by atoms with E-state index in [1.54, 1.807) is 17.8 Å². The molecular formula is C18H17FN4O2. The van der Waals surface area contributed by atoms with Gasteiger partial charge in [0.25, 0.3) is 5.91 Å². The number of hydrogen-bond acceptors (Lipinski definition) is 4. The second kappa shape index (κ2) is 7.57. The Morgan fingerprint density at radius 3 is 2.64 bits per heavy atom. The first kappa shape index (κ1) is 16.6. The summed E-state index contributed by atoms with van der Waals surface area (Å²) < 4.78 is 20.2. The topological polar surface area (TPSA) is 69.0 Å². The Labute approximate surface area is 144 Å². The van der Waals surface area contributed by atoms with Crippen molar-refractivity contribution in [1.29, 1.82) is 0 Å². The van der Waals surface area contributed by atoms with Crippen LogP contribution in [0.2, 0.25) is 0 Å². The SMILES string of the molecule is C[C@@H](Oc1ccc(F)cc1)C(=O)NCc1nncn1-c1ccccc1. The molecule has 6 nitrogen and oxygen atoms in total. The van der Waals surface area contributed by atoms with E-state index in [0.717, 1.165) is 5.69 Å². The van der Waals surface area contributed by atoms with E-state index in [0.29, 0.717) is 11.6 Å². The van der Waals surface area contributed by atoms with Crippen LogP contribution in [0.1, 0.15) is 12.7 Å². The molecule has 25 heavy (non-hydrogen) atoms. The van der Waals surface area contributed by atoms with Gasteiger partial charge in [-0.3, -0.25) is 9.36 Å². The van der Waals surface area contributed by atoms with Crippen LogP contribution in [-0.4, -0.2) is 26.8 Å². The summed E-state index contributed by atoms with van der Waals surface area (Å²) in [6, 6.07) is 15.1. The summed E-state index contributed by atoms with van der Waals surface area (Å²) in [4.78, 5) is 12.2. The van der Waals surface area contributed by atoms with Gasteiger partial charge in [0.05, 0.1) is 6.54 Å². The molecule has 3 rings (SSSR count). The Morgan fingerprint density at radius 1 is 1.20 bits per heavy atom. The van der Waals surface area contributed by atoms with Crippen molar-refractivity contribution in [2.75, 3.05) is 0 Å². The molecule has 0 aliphatic carbocycles. The second-order valence-corrected chi connectivity index (χ2v) is 5.38. The number of benzene rings is 2. The molecule has 1 atom stereocenters. The highest BCUT2D eigenvalue weighted by Crippen LogP contribution is 2.13. The van der Waals surface area contributed by atoms with Crippen molar-refractivity contribution in [3.05, 3.63) is 72.6 Å². The van der Waals surface area contributed by atoms with Gasteiger partial charge in [-0.15, -0.1) is 10.2 Å². The molecule has 7 heteroatoms. The molecule has 1 heterocycles. The first-order valence-corrected chi connectivity index (χ1v) is 7.78. The number of carbonyl (C=O) groups excluding carboxylic acids is 1. The van der Waals surface area contributed by atoms with Crippen LogP contribution in [-0.2, 0) is 11.3 Å². The highest BCUT2D eigenvalue weighted by Gasteiger charge is 2.16. The van der Waals surface area contributed by atoms with Crippen LogP contribution in [0.5, 0.6) is 5.75 Å². The highest BCUT2D eigenvalue weighted by molar-refractivity contribution is 5.80. The molecule has 0 spiro atoms. The fourth-order valence-corrected chi connectivity index (χ4v) is 2.26. The number of carbonyl (C=O) groups is 1. The largest absolute Gasteiger partial charge is 0.481 e. The predicted octanol–water partition coefficient (Wildman–Crippen LogP) is 2.49. The molecular weight excluding hydrogens is 323 g/mol. The third kappa shape index (κ3) is 4.20. The molecule has 0 unspecified atom stereocenters. The van der Waals surface area contributed by atoms with E-state index in [9.17, 15) is 9.18 Å². The number of amides is 1. The number of para-hydroxylation sites is 1. The first-order valence-electron chi connectivity index (χ1n) is 7.78. The van der Waals surface area contributed by atoms with E-state index in [-0.39, 0.29) is 18.3 Å². The molecule has 0 saturated carbocycles. The molecule has 0 fully saturated rings. The van der Waals surface area contributed by atoms with Crippen LogP contribution < -0.4 is 10.1 Å². The molecule has 0 radical (unpaired) electrons. The number of halogens is 1. The van der Waals surface area contributed by atoms with Gasteiger partial charge in [-0.2, -0.15) is 0 Å². The van der Waals surface area contributed by atoms with Crippen LogP contribution in [0.15, 0.2) is 60.9 Å². The second-order valence-electron chi connectivity index (χ2n) is 5.38. The monoisotopic (exact) mass is 340 g/mol. The van der Waals surface area contributed by atoms with Crippen LogP contribution in [0, 0.1) is 5.82 Å². The van der Waals surface area contributed by atoms with Gasteiger partial charge in [-0.25, -0.2) is 4.39 Å². The fraction of sp³-hybridized carbons (Fsp3) is 0.167. The summed E-state index contributed by atoms with van der Waals surface area (Å²) in [5.41, 5.74) is 0.910. The van der Waals surface area contributed by atoms with Crippen LogP contribution >= 0.6 is 0 Å². The minimum atomic E-state index is -0.724. The third-order valence-corrected chi connectivity index (χ3v) is 3.57. The fourth-order valence-electron chi connectivity index (χ4n) is 2.26. The molecule has 0 aliphatic rings. The van der Waals surface area contributed by atoms with E-state index in [4.69, 9.17) is 4.74 Å². The van der Waals surface area contributed by atoms with Crippen molar-refractivity contribution >= 4 is 5.91 Å². The molecule has 1 amide bonds. The Kier molecular flexibility index (Phi) is 5.03. The predicted molar refractivity (Wildman–Crippen MR) is 89.7 cm³/mol. The number of nitrogens with one attached hydrogen (secondary N) is 1. The summed E-state index contributed by atoms with van der Waals surface area (Å²) in [5, 5.41) is 10.7. The summed E-state index contributed by atoms with van der Waals surface area (Å²) >= 11 is 0. The van der Waals surface area contributed by atoms with Crippen LogP contribution in [0.25, 0.3) is 5.69 Å². The molecule has 1 aromatic heterocycles. The Morgan fingerprint density at radius 2 is 1.92 bits per heavy atom. The number of rotatable bonds is 6. The van der Waals surface area contributed by atoms with Gasteiger partial charge in [0.1, 0.15) is 17.9 Å². The molecule has 3 aromatic rings. The summed E-state index contributed by atoms with van der Waals surface area (Å²) in [5.74, 6) is 0.377. The van der Waals surface area contributed by atoms with Crippen LogP contribution in [0.4, 0.5) is 4.39 Å². The Balaban J connectivity index is 1.59. The minimum absolute atomic E-state index is 0.213. The van der Waals surface area contributed by atoms with Gasteiger partial charge in [0.15, 0.2) is 11.9 Å². The quantitative estimate of drug-likeness (QED) is 0.748. The average Bonchev–Trinajstić information content (AvgIpc) is 3.11. The van der Waals surface area contributed by atoms with Crippen molar-refractivity contribution in [3.63, 3.8) is 0 Å². The lowest BCUT2D eigenvalue weighted by molar-refractivity contribution is -0.127. The smallest absolute Gasteiger partial charge is 0.261 e. The lowest BCUT2D eigenvalue weighted by Crippen LogP contribution is -2.36. The zero-order chi connectivity index (χ0) is 17.6. The van der Waals surface area contributed by atoms with E-state index >= 15 is 0 Å². The summed E-state index contributed by atoms with van der Waals surface area (Å²) in [6.07, 6.45) is 0.869. The van der Waals surface area contributed by atoms with E-state index in [2.05, 4.69) is 15.5 Å². The van der Waals surface area contributed by atoms with Gasteiger partial charge in [-0.1, -0.05) is 18.2 Å². The normalized spacial score (nSPS) is 11.8. The van der Waals surface area contributed by atoms with Gasteiger partial charge in [-0.05, 0) is 43.3 Å². The number of nitrogens with zero attached hydrogens (tertiary/aromatic N) is 3. The first-order chi connectivity index (χ1) is 12.1. The van der Waals surface area contributed by atoms with E-state index in [1.807, 2.05) is 30.3 Å². The average molecular weight is 340 g/mol. The maximum absolute atomic E-state index is 12.9. The number of aromatic nitrogens is 3. The summed E-state index contributed by atoms with van der Waals surface area (Å²) in [6.45, 7) is 1.84. The van der Waals surface area contributed by atoms with Gasteiger partial charge in [0.2, 0.25) is 0 Å². The van der Waals surface area contributed by atoms with Crippen molar-refractivity contribution in [2.45, 2.75) is 19.6 Å². The standard InChI is InChI=1S/C18H17FN4O2/c1-13(25-16-9-7-14(19)8-10-16)18(24)20-11-17-22-21-12-23(17)15-5-3-2-4-6-15/h2-10,12-13H,11H2,1H3,(H,20,24)/t13-/m1/s1. The Hall–Kier alpha value is -3.22. The third-order valence-electron chi connectivity index (χ3n) is 3.57. The number of hydrogen-bond donors (Lipinski definition) is 1. The van der Waals surface area contributed by atoms with Gasteiger partial charge < -0.3 is 10.1 Å². The van der Waals surface area contributed by atoms with Crippen molar-refractivity contribution in [3.8, 4) is 11.4 Å². The molecule has 0 bridgehead atoms. The van der Waals surface area contributed by atoms with E-state index < -0.39 is 6.10 Å². The maximum atomic E-state index is 12.9. The molecule has 0 saturated heterocycles. The zero-order valence-corrected chi connectivity index (χ0v) is 13.6. The van der Waals surface area contributed by atoms with Crippen molar-refractivity contribution in [2.24, 2.45) is 0 Å². The minimum Gasteiger partial charge on any atom is -0.481 e. The molecule has 1 N–H and O–H groups in total. The van der Waals surface area contributed by atoms with Crippen LogP contribution in [0.3, 0.4) is 0 Å². The lowest BCUT2D eigenvalue weighted by atomic mass is 10.3. The van der Waals surface area contributed by atoms with Crippen molar-refractivity contribution < 1.29 is 13.9 Å². The Bertz CT molecular complexity index is 834. The van der Waals surface area contributed by atoms with Gasteiger partial charge >= 0.3 is 0 Å². The number of ether oxygens (including phenoxy) is 1. The van der Waals surface area contributed by atoms with E-state index in [1.165, 1.54) is 24.3 Å². The molecule has 128 valence electrons.